The van der Waals surface area contributed by atoms with Gasteiger partial charge in [0.25, 0.3) is 5.91 Å². The van der Waals surface area contributed by atoms with Crippen LogP contribution in [0, 0.1) is 0 Å². The first-order valence-electron chi connectivity index (χ1n) is 6.36. The van der Waals surface area contributed by atoms with Crippen LogP contribution < -0.4 is 5.73 Å². The predicted molar refractivity (Wildman–Crippen MR) is 71.4 cm³/mol. The highest BCUT2D eigenvalue weighted by Crippen LogP contribution is 2.21. The highest BCUT2D eigenvalue weighted by Gasteiger charge is 2.23. The Kier molecular flexibility index (Phi) is 2.80. The first kappa shape index (κ1) is 11.3. The standard InChI is InChI=1S/C14H17N3O/c15-10-4-3-7-17(9-10)14(18)12-8-16-13-6-2-1-5-11(12)13/h1-2,5-6,8,10,16H,3-4,7,9,15H2/t10-/m1/s1. The van der Waals surface area contributed by atoms with E-state index in [9.17, 15) is 4.79 Å². The molecule has 1 fully saturated rings. The third kappa shape index (κ3) is 1.88. The Morgan fingerprint density at radius 2 is 2.22 bits per heavy atom. The molecule has 0 aliphatic carbocycles. The minimum absolute atomic E-state index is 0.0857. The van der Waals surface area contributed by atoms with Crippen LogP contribution in [0.3, 0.4) is 0 Å². The van der Waals surface area contributed by atoms with Crippen LogP contribution in [0.4, 0.5) is 0 Å². The van der Waals surface area contributed by atoms with E-state index < -0.39 is 0 Å². The van der Waals surface area contributed by atoms with Crippen LogP contribution >= 0.6 is 0 Å². The highest BCUT2D eigenvalue weighted by molar-refractivity contribution is 6.06. The first-order valence-corrected chi connectivity index (χ1v) is 6.36. The van der Waals surface area contributed by atoms with Gasteiger partial charge in [-0.15, -0.1) is 0 Å². The Labute approximate surface area is 106 Å². The lowest BCUT2D eigenvalue weighted by molar-refractivity contribution is 0.0711. The van der Waals surface area contributed by atoms with E-state index in [1.165, 1.54) is 0 Å². The molecule has 4 nitrogen and oxygen atoms in total. The maximum Gasteiger partial charge on any atom is 0.256 e. The third-order valence-corrected chi connectivity index (χ3v) is 3.56. The lowest BCUT2D eigenvalue weighted by atomic mass is 10.1. The number of benzene rings is 1. The Bertz CT molecular complexity index is 575. The van der Waals surface area contributed by atoms with Crippen LogP contribution in [0.25, 0.3) is 10.9 Å². The van der Waals surface area contributed by atoms with Crippen molar-refractivity contribution >= 4 is 16.8 Å². The Balaban J connectivity index is 1.92. The van der Waals surface area contributed by atoms with Crippen LogP contribution in [-0.4, -0.2) is 34.9 Å². The van der Waals surface area contributed by atoms with Crippen LogP contribution in [0.5, 0.6) is 0 Å². The third-order valence-electron chi connectivity index (χ3n) is 3.56. The van der Waals surface area contributed by atoms with Crippen molar-refractivity contribution in [2.24, 2.45) is 5.73 Å². The van der Waals surface area contributed by atoms with E-state index in [1.54, 1.807) is 6.20 Å². The number of para-hydroxylation sites is 1. The van der Waals surface area contributed by atoms with Crippen molar-refractivity contribution in [3.63, 3.8) is 0 Å². The minimum Gasteiger partial charge on any atom is -0.360 e. The van der Waals surface area contributed by atoms with Gasteiger partial charge in [-0.3, -0.25) is 4.79 Å². The van der Waals surface area contributed by atoms with Crippen molar-refractivity contribution in [3.8, 4) is 0 Å². The first-order chi connectivity index (χ1) is 8.75. The topological polar surface area (TPSA) is 62.1 Å². The average Bonchev–Trinajstić information content (AvgIpc) is 2.82. The number of nitrogens with one attached hydrogen (secondary N) is 1. The molecule has 1 aliphatic heterocycles. The monoisotopic (exact) mass is 243 g/mol. The summed E-state index contributed by atoms with van der Waals surface area (Å²) < 4.78 is 0. The molecule has 1 saturated heterocycles. The van der Waals surface area contributed by atoms with Gasteiger partial charge in [0.15, 0.2) is 0 Å². The molecular weight excluding hydrogens is 226 g/mol. The summed E-state index contributed by atoms with van der Waals surface area (Å²) in [6, 6.07) is 7.99. The smallest absolute Gasteiger partial charge is 0.256 e. The Morgan fingerprint density at radius 1 is 1.39 bits per heavy atom. The number of nitrogens with zero attached hydrogens (tertiary/aromatic N) is 1. The molecule has 18 heavy (non-hydrogen) atoms. The quantitative estimate of drug-likeness (QED) is 0.801. The van der Waals surface area contributed by atoms with Gasteiger partial charge in [0.05, 0.1) is 5.56 Å². The maximum absolute atomic E-state index is 12.5. The summed E-state index contributed by atoms with van der Waals surface area (Å²) in [5.74, 6) is 0.0857. The SMILES string of the molecule is N[C@@H]1CCCN(C(=O)c2c[nH]c3ccccc23)C1. The van der Waals surface area contributed by atoms with Gasteiger partial charge in [0.2, 0.25) is 0 Å². The highest BCUT2D eigenvalue weighted by atomic mass is 16.2. The Hall–Kier alpha value is -1.81. The summed E-state index contributed by atoms with van der Waals surface area (Å²) in [7, 11) is 0. The van der Waals surface area contributed by atoms with Crippen molar-refractivity contribution in [3.05, 3.63) is 36.0 Å². The zero-order valence-corrected chi connectivity index (χ0v) is 10.2. The molecule has 4 heteroatoms. The summed E-state index contributed by atoms with van der Waals surface area (Å²) in [5.41, 5.74) is 7.68. The van der Waals surface area contributed by atoms with E-state index in [4.69, 9.17) is 5.73 Å². The summed E-state index contributed by atoms with van der Waals surface area (Å²) in [4.78, 5) is 17.5. The van der Waals surface area contributed by atoms with E-state index >= 15 is 0 Å². The van der Waals surface area contributed by atoms with Crippen molar-refractivity contribution in [1.29, 1.82) is 0 Å². The number of nitrogens with two attached hydrogens (primary N) is 1. The van der Waals surface area contributed by atoms with Gasteiger partial charge in [-0.1, -0.05) is 18.2 Å². The normalized spacial score (nSPS) is 20.3. The molecule has 3 N–H and O–H groups in total. The van der Waals surface area contributed by atoms with Gasteiger partial charge < -0.3 is 15.6 Å². The number of aromatic amines is 1. The molecule has 0 bridgehead atoms. The molecule has 1 atom stereocenters. The number of H-pyrrole nitrogens is 1. The number of carbonyl (C=O) groups is 1. The van der Waals surface area contributed by atoms with Gasteiger partial charge in [-0.05, 0) is 18.9 Å². The number of rotatable bonds is 1. The number of amides is 1. The van der Waals surface area contributed by atoms with Crippen molar-refractivity contribution in [2.75, 3.05) is 13.1 Å². The number of piperidine rings is 1. The molecule has 0 spiro atoms. The zero-order valence-electron chi connectivity index (χ0n) is 10.2. The van der Waals surface area contributed by atoms with E-state index in [0.717, 1.165) is 35.9 Å². The van der Waals surface area contributed by atoms with E-state index in [-0.39, 0.29) is 11.9 Å². The maximum atomic E-state index is 12.5. The largest absolute Gasteiger partial charge is 0.360 e. The molecule has 1 amide bonds. The van der Waals surface area contributed by atoms with Gasteiger partial charge in [-0.2, -0.15) is 0 Å². The van der Waals surface area contributed by atoms with Gasteiger partial charge in [0.1, 0.15) is 0 Å². The van der Waals surface area contributed by atoms with Crippen molar-refractivity contribution < 1.29 is 4.79 Å². The second kappa shape index (κ2) is 4.46. The number of likely N-dealkylation sites (tertiary alicyclic amines) is 1. The van der Waals surface area contributed by atoms with Gasteiger partial charge in [-0.25, -0.2) is 0 Å². The molecular formula is C14H17N3O. The zero-order chi connectivity index (χ0) is 12.5. The second-order valence-electron chi connectivity index (χ2n) is 4.90. The van der Waals surface area contributed by atoms with Crippen LogP contribution in [0.15, 0.2) is 30.5 Å². The number of aromatic nitrogens is 1. The lowest BCUT2D eigenvalue weighted by Gasteiger charge is -2.30. The number of carbonyl (C=O) groups excluding carboxylic acids is 1. The fourth-order valence-corrected chi connectivity index (χ4v) is 2.61. The van der Waals surface area contributed by atoms with E-state index in [0.29, 0.717) is 6.54 Å². The molecule has 0 radical (unpaired) electrons. The molecule has 0 saturated carbocycles. The summed E-state index contributed by atoms with van der Waals surface area (Å²) in [5, 5.41) is 0.988. The number of hydrogen-bond acceptors (Lipinski definition) is 2. The molecule has 3 rings (SSSR count). The number of fused-ring (bicyclic) bond motifs is 1. The fraction of sp³-hybridized carbons (Fsp3) is 0.357. The van der Waals surface area contributed by atoms with Gasteiger partial charge in [0, 0.05) is 36.2 Å². The van der Waals surface area contributed by atoms with Crippen LogP contribution in [-0.2, 0) is 0 Å². The molecule has 0 unspecified atom stereocenters. The predicted octanol–water partition coefficient (Wildman–Crippen LogP) is 1.73. The average molecular weight is 243 g/mol. The summed E-state index contributed by atoms with van der Waals surface area (Å²) in [6.45, 7) is 1.48. The van der Waals surface area contributed by atoms with Gasteiger partial charge >= 0.3 is 0 Å². The fourth-order valence-electron chi connectivity index (χ4n) is 2.61. The Morgan fingerprint density at radius 3 is 3.06 bits per heavy atom. The lowest BCUT2D eigenvalue weighted by Crippen LogP contribution is -2.45. The van der Waals surface area contributed by atoms with E-state index in [2.05, 4.69) is 4.98 Å². The minimum atomic E-state index is 0.0857. The van der Waals surface area contributed by atoms with E-state index in [1.807, 2.05) is 29.2 Å². The second-order valence-corrected chi connectivity index (χ2v) is 4.90. The van der Waals surface area contributed by atoms with Crippen LogP contribution in [0.2, 0.25) is 0 Å². The molecule has 2 heterocycles. The van der Waals surface area contributed by atoms with Crippen molar-refractivity contribution in [1.82, 2.24) is 9.88 Å². The summed E-state index contributed by atoms with van der Waals surface area (Å²) in [6.07, 6.45) is 3.81. The molecule has 1 aromatic heterocycles. The molecule has 94 valence electrons. The van der Waals surface area contributed by atoms with Crippen molar-refractivity contribution in [2.45, 2.75) is 18.9 Å². The number of hydrogen-bond donors (Lipinski definition) is 2. The molecule has 1 aromatic carbocycles. The molecule has 2 aromatic rings. The summed E-state index contributed by atoms with van der Waals surface area (Å²) >= 11 is 0. The molecule has 1 aliphatic rings. The van der Waals surface area contributed by atoms with Crippen LogP contribution in [0.1, 0.15) is 23.2 Å².